The fraction of sp³-hybridized carbons (Fsp3) is 0.452. The fourth-order valence-corrected chi connectivity index (χ4v) is 5.06. The van der Waals surface area contributed by atoms with Crippen molar-refractivity contribution in [1.82, 2.24) is 20.1 Å². The van der Waals surface area contributed by atoms with Gasteiger partial charge in [-0.2, -0.15) is 0 Å². The van der Waals surface area contributed by atoms with Crippen molar-refractivity contribution in [2.75, 3.05) is 26.4 Å². The number of benzene rings is 1. The van der Waals surface area contributed by atoms with E-state index in [9.17, 15) is 33.8 Å². The Morgan fingerprint density at radius 2 is 1.89 bits per heavy atom. The summed E-state index contributed by atoms with van der Waals surface area (Å²) in [5.41, 5.74) is -0.357. The molecule has 14 nitrogen and oxygen atoms in total. The zero-order valence-electron chi connectivity index (χ0n) is 26.7. The van der Waals surface area contributed by atoms with E-state index in [1.54, 1.807) is 46.8 Å². The zero-order valence-corrected chi connectivity index (χ0v) is 26.7. The van der Waals surface area contributed by atoms with Crippen LogP contribution in [0.3, 0.4) is 0 Å². The summed E-state index contributed by atoms with van der Waals surface area (Å²) in [5, 5.41) is 13.2. The summed E-state index contributed by atoms with van der Waals surface area (Å²) >= 11 is 0. The number of aromatic nitrogens is 1. The van der Waals surface area contributed by atoms with Crippen LogP contribution in [0.15, 0.2) is 30.5 Å². The minimum atomic E-state index is -1.68. The summed E-state index contributed by atoms with van der Waals surface area (Å²) in [6.07, 6.45) is 0.909. The Bertz CT molecular complexity index is 1600. The highest BCUT2D eigenvalue weighted by atomic mass is 19.1. The Balaban J connectivity index is 1.51. The molecule has 1 saturated heterocycles. The van der Waals surface area contributed by atoms with Gasteiger partial charge >= 0.3 is 36.9 Å². The Labute approximate surface area is 270 Å². The third-order valence-electron chi connectivity index (χ3n) is 7.70. The predicted molar refractivity (Wildman–Crippen MR) is 162 cm³/mol. The number of Topliss-reactive ketones (excluding diaryl/α,β-unsaturated/α-hetero) is 1. The number of para-hydroxylation sites is 1. The lowest BCUT2D eigenvalue weighted by Crippen LogP contribution is -2.58. The number of aryl methyl sites for hydroxylation is 1. The van der Waals surface area contributed by atoms with Gasteiger partial charge in [0.15, 0.2) is 5.78 Å². The maximum Gasteiger partial charge on any atom is 0.526 e. The molecule has 2 aliphatic heterocycles. The molecule has 3 heterocycles. The van der Waals surface area contributed by atoms with Gasteiger partial charge in [-0.3, -0.25) is 29.1 Å². The summed E-state index contributed by atoms with van der Waals surface area (Å²) in [7, 11) is -1.60. The molecule has 0 saturated carbocycles. The van der Waals surface area contributed by atoms with E-state index in [0.717, 1.165) is 6.07 Å². The molecular formula is C31H36BFN4O10. The molecule has 2 aliphatic rings. The molecule has 0 bridgehead atoms. The molecule has 4 rings (SSSR count). The number of nitrogens with zero attached hydrogens (tertiary/aromatic N) is 3. The maximum atomic E-state index is 15.1. The highest BCUT2D eigenvalue weighted by Gasteiger charge is 2.42. The topological polar surface area (TPSA) is 182 Å². The van der Waals surface area contributed by atoms with Crippen LogP contribution in [-0.2, 0) is 35.1 Å². The van der Waals surface area contributed by atoms with Gasteiger partial charge in [-0.05, 0) is 64.3 Å². The second-order valence-electron chi connectivity index (χ2n) is 12.3. The van der Waals surface area contributed by atoms with Crippen molar-refractivity contribution in [3.05, 3.63) is 58.7 Å². The number of hydrogen-bond donors (Lipinski definition) is 2. The lowest BCUT2D eigenvalue weighted by molar-refractivity contribution is -0.161. The van der Waals surface area contributed by atoms with Gasteiger partial charge in [-0.15, -0.1) is 0 Å². The summed E-state index contributed by atoms with van der Waals surface area (Å²) in [6, 6.07) is 2.93. The van der Waals surface area contributed by atoms with E-state index in [2.05, 4.69) is 10.3 Å². The molecule has 1 aromatic heterocycles. The third kappa shape index (κ3) is 7.93. The number of nitrogens with one attached hydrogen (secondary N) is 1. The quantitative estimate of drug-likeness (QED) is 0.175. The number of esters is 2. The fourth-order valence-electron chi connectivity index (χ4n) is 5.06. The lowest BCUT2D eigenvalue weighted by atomic mass is 9.64. The molecule has 2 atom stereocenters. The van der Waals surface area contributed by atoms with Gasteiger partial charge in [-0.25, -0.2) is 14.0 Å². The number of rotatable bonds is 9. The second-order valence-corrected chi connectivity index (χ2v) is 12.3. The van der Waals surface area contributed by atoms with Gasteiger partial charge in [0.1, 0.15) is 28.9 Å². The van der Waals surface area contributed by atoms with Gasteiger partial charge in [-0.1, -0.05) is 12.1 Å². The largest absolute Gasteiger partial charge is 0.535 e. The van der Waals surface area contributed by atoms with Gasteiger partial charge in [0.2, 0.25) is 6.79 Å². The number of hydrogen-bond acceptors (Lipinski definition) is 11. The van der Waals surface area contributed by atoms with Crippen LogP contribution in [-0.4, -0.2) is 88.9 Å². The summed E-state index contributed by atoms with van der Waals surface area (Å²) < 4.78 is 30.8. The van der Waals surface area contributed by atoms with Crippen LogP contribution in [0.4, 0.5) is 9.18 Å². The Morgan fingerprint density at radius 3 is 2.55 bits per heavy atom. The number of ether oxygens (including phenoxy) is 2. The minimum Gasteiger partial charge on any atom is -0.535 e. The molecule has 47 heavy (non-hydrogen) atoms. The maximum absolute atomic E-state index is 15.1. The smallest absolute Gasteiger partial charge is 0.526 e. The molecule has 1 unspecified atom stereocenters. The number of amides is 4. The van der Waals surface area contributed by atoms with Crippen molar-refractivity contribution in [3.63, 3.8) is 0 Å². The first-order valence-corrected chi connectivity index (χ1v) is 15.0. The monoisotopic (exact) mass is 654 g/mol. The predicted octanol–water partition coefficient (Wildman–Crippen LogP) is 2.12. The van der Waals surface area contributed by atoms with Crippen LogP contribution in [0.1, 0.15) is 67.3 Å². The van der Waals surface area contributed by atoms with Crippen LogP contribution in [0, 0.1) is 18.2 Å². The van der Waals surface area contributed by atoms with E-state index in [1.165, 1.54) is 17.2 Å². The van der Waals surface area contributed by atoms with Crippen molar-refractivity contribution < 1.29 is 52.3 Å². The number of carbonyl (C=O) groups is 6. The number of ketones is 1. The molecule has 2 aromatic rings. The average Bonchev–Trinajstić information content (AvgIpc) is 3.00. The summed E-state index contributed by atoms with van der Waals surface area (Å²) in [4.78, 5) is 82.5. The lowest BCUT2D eigenvalue weighted by Gasteiger charge is -2.33. The Kier molecular flexibility index (Phi) is 10.6. The number of imide groups is 1. The van der Waals surface area contributed by atoms with E-state index < -0.39 is 84.7 Å². The summed E-state index contributed by atoms with van der Waals surface area (Å²) in [6.45, 7) is 7.78. The van der Waals surface area contributed by atoms with E-state index >= 15 is 4.39 Å². The van der Waals surface area contributed by atoms with Gasteiger partial charge < -0.3 is 29.4 Å². The van der Waals surface area contributed by atoms with Gasteiger partial charge in [0.05, 0.1) is 5.41 Å². The number of likely N-dealkylation sites (N-methyl/N-ethyl adjacent to an activating group) is 1. The zero-order chi connectivity index (χ0) is 34.6. The normalized spacial score (nSPS) is 17.0. The average molecular weight is 654 g/mol. The first-order chi connectivity index (χ1) is 22.1. The van der Waals surface area contributed by atoms with Crippen LogP contribution < -0.4 is 9.97 Å². The van der Waals surface area contributed by atoms with Crippen LogP contribution in [0.25, 0.3) is 0 Å². The van der Waals surface area contributed by atoms with Crippen LogP contribution in [0.2, 0.25) is 5.82 Å². The first-order valence-electron chi connectivity index (χ1n) is 15.0. The van der Waals surface area contributed by atoms with Crippen molar-refractivity contribution >= 4 is 42.7 Å². The van der Waals surface area contributed by atoms with E-state index in [1.807, 2.05) is 0 Å². The molecule has 1 aromatic carbocycles. The third-order valence-corrected chi connectivity index (χ3v) is 7.70. The number of piperazine rings is 1. The van der Waals surface area contributed by atoms with Crippen molar-refractivity contribution in [2.24, 2.45) is 5.41 Å². The molecule has 1 fully saturated rings. The van der Waals surface area contributed by atoms with Crippen molar-refractivity contribution in [3.8, 4) is 5.75 Å². The Hall–Kier alpha value is -4.86. The molecule has 0 spiro atoms. The molecule has 0 radical (unpaired) electrons. The molecular weight excluding hydrogens is 618 g/mol. The van der Waals surface area contributed by atoms with E-state index in [4.69, 9.17) is 14.1 Å². The van der Waals surface area contributed by atoms with E-state index in [0.29, 0.717) is 16.0 Å². The van der Waals surface area contributed by atoms with Crippen molar-refractivity contribution in [1.29, 1.82) is 0 Å². The molecule has 250 valence electrons. The van der Waals surface area contributed by atoms with Gasteiger partial charge in [0.25, 0.3) is 0 Å². The standard InChI is InChI=1S/C31H36BFN4O10/c1-6-36-10-11-37(27(40)26(36)39)30(43)35-24(23-21(33)12-17(2)15-34-23)22(38)14-19-13-18-8-7-9-20(25(18)47-32(19)44)28(41)45-16-46-29(42)31(3,4)5/h7-9,12,15,19,24,44H,6,10-11,13-14,16H2,1-5H3,(H,35,43)/t19-,24?/m1/s1. The SMILES string of the molecule is CCN1CCN(C(=O)NC(C(=O)C[C@H]2Cc3cccc(C(=O)OCOC(=O)C(C)(C)C)c3OB2O)c2ncc(C)cc2F)C(=O)C1=O. The Morgan fingerprint density at radius 1 is 1.17 bits per heavy atom. The van der Waals surface area contributed by atoms with Crippen LogP contribution >= 0.6 is 0 Å². The number of pyridine rings is 1. The van der Waals surface area contributed by atoms with E-state index in [-0.39, 0.29) is 37.4 Å². The van der Waals surface area contributed by atoms with Gasteiger partial charge in [0, 0.05) is 38.1 Å². The van der Waals surface area contributed by atoms with Crippen molar-refractivity contribution in [2.45, 2.75) is 59.3 Å². The second kappa shape index (κ2) is 14.3. The van der Waals surface area contributed by atoms with Crippen LogP contribution in [0.5, 0.6) is 5.75 Å². The molecule has 4 amide bonds. The summed E-state index contributed by atoms with van der Waals surface area (Å²) in [5.74, 6) is -5.95. The number of fused-ring (bicyclic) bond motifs is 1. The molecule has 16 heteroatoms. The number of halogens is 1. The highest BCUT2D eigenvalue weighted by molar-refractivity contribution is 6.47. The first kappa shape index (κ1) is 35.0. The number of carbonyl (C=O) groups excluding carboxylic acids is 6. The number of urea groups is 1. The molecule has 0 aliphatic carbocycles. The highest BCUT2D eigenvalue weighted by Crippen LogP contribution is 2.37. The minimum absolute atomic E-state index is 0.0151. The molecule has 2 N–H and O–H groups in total.